The molecule has 44 heavy (non-hydrogen) atoms. The first-order valence-electron chi connectivity index (χ1n) is 14.8. The van der Waals surface area contributed by atoms with Crippen LogP contribution in [-0.2, 0) is 19.6 Å². The maximum Gasteiger partial charge on any atom is 0.333 e. The summed E-state index contributed by atoms with van der Waals surface area (Å²) in [5, 5.41) is 3.44. The van der Waals surface area contributed by atoms with E-state index in [4.69, 9.17) is 11.6 Å². The average molecular weight is 678 g/mol. The topological polar surface area (TPSA) is 82.8 Å². The van der Waals surface area contributed by atoms with Crippen LogP contribution < -0.4 is 15.9 Å². The molecular formula is C33H34BrClN6O3. The van der Waals surface area contributed by atoms with Crippen LogP contribution in [0.4, 0.5) is 5.69 Å². The van der Waals surface area contributed by atoms with Crippen molar-refractivity contribution in [1.29, 1.82) is 0 Å². The molecule has 9 nitrogen and oxygen atoms in total. The van der Waals surface area contributed by atoms with Gasteiger partial charge in [-0.1, -0.05) is 48.9 Å². The maximum atomic E-state index is 13.9. The summed E-state index contributed by atoms with van der Waals surface area (Å²) in [4.78, 5) is 47.7. The number of nitrogens with zero attached hydrogens (tertiary/aromatic N) is 5. The van der Waals surface area contributed by atoms with Crippen molar-refractivity contribution in [3.63, 3.8) is 0 Å². The van der Waals surface area contributed by atoms with Gasteiger partial charge in [-0.15, -0.1) is 0 Å². The summed E-state index contributed by atoms with van der Waals surface area (Å²) >= 11 is 9.64. The molecule has 1 fully saturated rings. The average Bonchev–Trinajstić information content (AvgIpc) is 3.36. The minimum absolute atomic E-state index is 0.114. The number of halogens is 2. The molecule has 0 radical (unpaired) electrons. The van der Waals surface area contributed by atoms with Crippen molar-refractivity contribution in [2.24, 2.45) is 0 Å². The normalized spacial score (nSPS) is 15.2. The molecule has 0 atom stereocenters. The minimum Gasteiger partial charge on any atom is -0.369 e. The van der Waals surface area contributed by atoms with Gasteiger partial charge in [-0.2, -0.15) is 0 Å². The number of fused-ring (bicyclic) bond motifs is 1. The first-order chi connectivity index (χ1) is 21.3. The maximum absolute atomic E-state index is 13.9. The fourth-order valence-electron chi connectivity index (χ4n) is 5.91. The van der Waals surface area contributed by atoms with Crippen molar-refractivity contribution in [1.82, 2.24) is 24.3 Å². The van der Waals surface area contributed by atoms with Gasteiger partial charge in [-0.05, 0) is 70.5 Å². The Morgan fingerprint density at radius 3 is 2.27 bits per heavy atom. The molecule has 1 aromatic heterocycles. The summed E-state index contributed by atoms with van der Waals surface area (Å²) in [7, 11) is 0. The largest absolute Gasteiger partial charge is 0.369 e. The molecule has 0 saturated carbocycles. The van der Waals surface area contributed by atoms with Crippen molar-refractivity contribution in [2.45, 2.75) is 26.6 Å². The van der Waals surface area contributed by atoms with Crippen LogP contribution in [0.2, 0.25) is 5.02 Å². The van der Waals surface area contributed by atoms with Crippen LogP contribution in [0.5, 0.6) is 0 Å². The second-order valence-corrected chi connectivity index (χ2v) is 12.3. The van der Waals surface area contributed by atoms with Crippen LogP contribution in [-0.4, -0.2) is 70.0 Å². The number of anilines is 1. The Balaban J connectivity index is 1.33. The number of benzene rings is 3. The molecule has 3 aromatic carbocycles. The quantitative estimate of drug-likeness (QED) is 0.305. The van der Waals surface area contributed by atoms with Crippen molar-refractivity contribution >= 4 is 45.0 Å². The van der Waals surface area contributed by atoms with Crippen LogP contribution in [0.3, 0.4) is 0 Å². The lowest BCUT2D eigenvalue weighted by molar-refractivity contribution is 0.0706. The summed E-state index contributed by atoms with van der Waals surface area (Å²) < 4.78 is 3.80. The zero-order valence-electron chi connectivity index (χ0n) is 24.5. The van der Waals surface area contributed by atoms with Crippen molar-refractivity contribution in [3.05, 3.63) is 115 Å². The van der Waals surface area contributed by atoms with Crippen LogP contribution >= 0.6 is 27.5 Å². The highest BCUT2D eigenvalue weighted by atomic mass is 79.9. The van der Waals surface area contributed by atoms with Gasteiger partial charge in [0.25, 0.3) is 11.8 Å². The van der Waals surface area contributed by atoms with Gasteiger partial charge >= 0.3 is 5.69 Å². The molecule has 1 saturated heterocycles. The van der Waals surface area contributed by atoms with Gasteiger partial charge < -0.3 is 20.0 Å². The highest BCUT2D eigenvalue weighted by Gasteiger charge is 2.32. The Morgan fingerprint density at radius 1 is 0.886 bits per heavy atom. The van der Waals surface area contributed by atoms with E-state index in [-0.39, 0.29) is 36.3 Å². The van der Waals surface area contributed by atoms with E-state index < -0.39 is 0 Å². The fraction of sp³-hybridized carbons (Fsp3) is 0.303. The van der Waals surface area contributed by atoms with Crippen molar-refractivity contribution in [3.8, 4) is 5.69 Å². The first kappa shape index (κ1) is 30.2. The summed E-state index contributed by atoms with van der Waals surface area (Å²) in [5.41, 5.74) is 3.52. The Bertz CT molecular complexity index is 1730. The number of nitrogens with one attached hydrogen (secondary N) is 1. The van der Waals surface area contributed by atoms with Crippen molar-refractivity contribution < 1.29 is 9.59 Å². The lowest BCUT2D eigenvalue weighted by Crippen LogP contribution is -2.46. The smallest absolute Gasteiger partial charge is 0.333 e. The van der Waals surface area contributed by atoms with Crippen LogP contribution in [0.25, 0.3) is 5.69 Å². The molecule has 0 spiro atoms. The summed E-state index contributed by atoms with van der Waals surface area (Å²) in [6.07, 6.45) is 0. The first-order valence-corrected chi connectivity index (χ1v) is 16.0. The van der Waals surface area contributed by atoms with Gasteiger partial charge in [0.1, 0.15) is 5.69 Å². The molecule has 3 heterocycles. The van der Waals surface area contributed by atoms with E-state index in [0.717, 1.165) is 44.0 Å². The Kier molecular flexibility index (Phi) is 8.93. The molecular weight excluding hydrogens is 644 g/mol. The number of carbonyl (C=O) groups is 2. The number of likely N-dealkylation sites (N-methyl/N-ethyl adjacent to an activating group) is 1. The zero-order chi connectivity index (χ0) is 30.8. The number of hydrogen-bond donors (Lipinski definition) is 1. The summed E-state index contributed by atoms with van der Waals surface area (Å²) in [6.45, 7) is 8.15. The molecule has 228 valence electrons. The van der Waals surface area contributed by atoms with Gasteiger partial charge in [0.2, 0.25) is 0 Å². The lowest BCUT2D eigenvalue weighted by Gasteiger charge is -2.35. The number of amides is 2. The molecule has 11 heteroatoms. The minimum atomic E-state index is -0.375. The number of imidazole rings is 1. The third kappa shape index (κ3) is 6.06. The lowest BCUT2D eigenvalue weighted by atomic mass is 10.1. The SMILES string of the molecule is CCN1CCN(c2ccc(-n3c(C(=O)NCc4ccccc4)c4n(c3=O)CCN(C(=O)c3ccc(Br)c(Cl)c3)C4)cc2)CC1. The second-order valence-electron chi connectivity index (χ2n) is 11.0. The molecule has 6 rings (SSSR count). The predicted octanol–water partition coefficient (Wildman–Crippen LogP) is 4.78. The second kappa shape index (κ2) is 13.0. The Hall–Kier alpha value is -3.86. The monoisotopic (exact) mass is 676 g/mol. The van der Waals surface area contributed by atoms with E-state index in [1.165, 1.54) is 4.57 Å². The van der Waals surface area contributed by atoms with E-state index in [0.29, 0.717) is 39.5 Å². The fourth-order valence-corrected chi connectivity index (χ4v) is 6.34. The molecule has 2 aliphatic rings. The van der Waals surface area contributed by atoms with Gasteiger partial charge in [-0.3, -0.25) is 18.7 Å². The van der Waals surface area contributed by atoms with Gasteiger partial charge in [0.05, 0.1) is 22.9 Å². The molecule has 2 aliphatic heterocycles. The third-order valence-electron chi connectivity index (χ3n) is 8.44. The van der Waals surface area contributed by atoms with Gasteiger partial charge in [-0.25, -0.2) is 4.79 Å². The van der Waals surface area contributed by atoms with E-state index in [1.54, 1.807) is 27.7 Å². The van der Waals surface area contributed by atoms with Gasteiger partial charge in [0.15, 0.2) is 0 Å². The Morgan fingerprint density at radius 2 is 1.59 bits per heavy atom. The summed E-state index contributed by atoms with van der Waals surface area (Å²) in [6, 6.07) is 22.5. The van der Waals surface area contributed by atoms with E-state index in [1.807, 2.05) is 54.6 Å². The number of hydrogen-bond acceptors (Lipinski definition) is 5. The summed E-state index contributed by atoms with van der Waals surface area (Å²) in [5.74, 6) is -0.588. The van der Waals surface area contributed by atoms with E-state index >= 15 is 0 Å². The van der Waals surface area contributed by atoms with Crippen LogP contribution in [0, 0.1) is 0 Å². The number of piperazine rings is 1. The molecule has 0 bridgehead atoms. The third-order valence-corrected chi connectivity index (χ3v) is 9.67. The number of rotatable bonds is 7. The van der Waals surface area contributed by atoms with E-state index in [2.05, 4.69) is 38.0 Å². The highest BCUT2D eigenvalue weighted by Crippen LogP contribution is 2.27. The number of aromatic nitrogens is 2. The van der Waals surface area contributed by atoms with Crippen LogP contribution in [0.1, 0.15) is 39.0 Å². The highest BCUT2D eigenvalue weighted by molar-refractivity contribution is 9.10. The molecule has 4 aromatic rings. The molecule has 1 N–H and O–H groups in total. The van der Waals surface area contributed by atoms with E-state index in [9.17, 15) is 14.4 Å². The molecule has 2 amide bonds. The Labute approximate surface area is 269 Å². The zero-order valence-corrected chi connectivity index (χ0v) is 26.9. The van der Waals surface area contributed by atoms with Gasteiger partial charge in [0, 0.05) is 61.5 Å². The van der Waals surface area contributed by atoms with Crippen LogP contribution in [0.15, 0.2) is 82.1 Å². The number of carbonyl (C=O) groups excluding carboxylic acids is 2. The van der Waals surface area contributed by atoms with Crippen molar-refractivity contribution in [2.75, 3.05) is 44.2 Å². The standard InChI is InChI=1S/C33H34BrClN6O3/c1-2-37-14-16-38(17-15-37)25-9-11-26(12-10-25)41-30(31(42)36-21-23-6-4-3-5-7-23)29-22-39(18-19-40(29)33(41)44)32(43)24-8-13-27(34)28(35)20-24/h3-13,20H,2,14-19,21-22H2,1H3,(H,36,42). The molecule has 0 unspecified atom stereocenters. The molecule has 0 aliphatic carbocycles. The predicted molar refractivity (Wildman–Crippen MR) is 176 cm³/mol.